The second-order valence-electron chi connectivity index (χ2n) is 13.3. The Labute approximate surface area is 307 Å². The molecule has 0 saturated carbocycles. The molecular weight excluding hydrogens is 647 g/mol. The standard InChI is InChI=1S/C50H33NS/c1-3-14-42-34(10-1)12-7-17-44(42)36-22-28-39(29-23-36)51(40-30-24-37(25-31-40)45-18-8-13-35-11-2-4-15-43(35)45)41-32-26-38(27-33-41)46-19-9-21-49-50(46)47-16-5-6-20-48(47)52-49/h1-33H. The van der Waals surface area contributed by atoms with Crippen LogP contribution in [0.25, 0.3) is 75.1 Å². The van der Waals surface area contributed by atoms with E-state index in [0.717, 1.165) is 17.1 Å². The summed E-state index contributed by atoms with van der Waals surface area (Å²) in [6.07, 6.45) is 0. The van der Waals surface area contributed by atoms with Gasteiger partial charge in [-0.3, -0.25) is 0 Å². The van der Waals surface area contributed by atoms with Gasteiger partial charge >= 0.3 is 0 Å². The molecule has 1 aromatic heterocycles. The lowest BCUT2D eigenvalue weighted by atomic mass is 9.97. The number of benzene rings is 9. The van der Waals surface area contributed by atoms with E-state index in [0.29, 0.717) is 0 Å². The average molecular weight is 680 g/mol. The van der Waals surface area contributed by atoms with Crippen LogP contribution in [0.2, 0.25) is 0 Å². The van der Waals surface area contributed by atoms with Gasteiger partial charge in [0, 0.05) is 37.2 Å². The fourth-order valence-corrected chi connectivity index (χ4v) is 8.92. The Morgan fingerprint density at radius 1 is 0.288 bits per heavy atom. The van der Waals surface area contributed by atoms with Crippen molar-refractivity contribution in [2.75, 3.05) is 4.90 Å². The Hall–Kier alpha value is -6.48. The van der Waals surface area contributed by atoms with Crippen LogP contribution in [0.5, 0.6) is 0 Å². The topological polar surface area (TPSA) is 3.24 Å². The highest BCUT2D eigenvalue weighted by molar-refractivity contribution is 7.25. The first-order valence-corrected chi connectivity index (χ1v) is 18.6. The Balaban J connectivity index is 1.07. The number of anilines is 3. The molecule has 0 aliphatic rings. The van der Waals surface area contributed by atoms with Crippen molar-refractivity contribution in [2.24, 2.45) is 0 Å². The smallest absolute Gasteiger partial charge is 0.0462 e. The summed E-state index contributed by atoms with van der Waals surface area (Å²) < 4.78 is 2.65. The molecule has 2 heteroatoms. The SMILES string of the molecule is c1ccc2c(-c3ccc(N(c4ccc(-c5cccc6ccccc56)cc4)c4ccc(-c5cccc6sc7ccccc7c56)cc4)cc3)cccc2c1. The van der Waals surface area contributed by atoms with Crippen molar-refractivity contribution >= 4 is 70.1 Å². The Bertz CT molecular complexity index is 2750. The molecule has 0 bridgehead atoms. The molecule has 0 N–H and O–H groups in total. The van der Waals surface area contributed by atoms with Crippen molar-refractivity contribution in [1.82, 2.24) is 0 Å². The van der Waals surface area contributed by atoms with Crippen LogP contribution in [0.3, 0.4) is 0 Å². The van der Waals surface area contributed by atoms with Crippen LogP contribution in [-0.2, 0) is 0 Å². The molecule has 0 spiro atoms. The fraction of sp³-hybridized carbons (Fsp3) is 0. The van der Waals surface area contributed by atoms with Crippen molar-refractivity contribution in [1.29, 1.82) is 0 Å². The molecule has 0 radical (unpaired) electrons. The van der Waals surface area contributed by atoms with Gasteiger partial charge in [0.15, 0.2) is 0 Å². The third kappa shape index (κ3) is 5.24. The number of fused-ring (bicyclic) bond motifs is 5. The largest absolute Gasteiger partial charge is 0.311 e. The predicted molar refractivity (Wildman–Crippen MR) is 225 cm³/mol. The van der Waals surface area contributed by atoms with Crippen molar-refractivity contribution in [3.05, 3.63) is 200 Å². The van der Waals surface area contributed by atoms with E-state index in [1.54, 1.807) is 0 Å². The van der Waals surface area contributed by atoms with Crippen molar-refractivity contribution in [3.8, 4) is 33.4 Å². The number of hydrogen-bond acceptors (Lipinski definition) is 2. The van der Waals surface area contributed by atoms with E-state index in [2.05, 4.69) is 205 Å². The normalized spacial score (nSPS) is 11.5. The van der Waals surface area contributed by atoms with Crippen LogP contribution in [0.1, 0.15) is 0 Å². The van der Waals surface area contributed by atoms with Crippen LogP contribution < -0.4 is 4.90 Å². The molecular formula is C50H33NS. The number of thiophene rings is 1. The van der Waals surface area contributed by atoms with Crippen molar-refractivity contribution in [3.63, 3.8) is 0 Å². The van der Waals surface area contributed by atoms with E-state index in [1.807, 2.05) is 11.3 Å². The van der Waals surface area contributed by atoms with Gasteiger partial charge in [0.05, 0.1) is 0 Å². The summed E-state index contributed by atoms with van der Waals surface area (Å²) in [6, 6.07) is 72.9. The molecule has 10 rings (SSSR count). The minimum atomic E-state index is 1.11. The van der Waals surface area contributed by atoms with Gasteiger partial charge < -0.3 is 4.90 Å². The van der Waals surface area contributed by atoms with E-state index in [-0.39, 0.29) is 0 Å². The zero-order valence-corrected chi connectivity index (χ0v) is 29.2. The second-order valence-corrected chi connectivity index (χ2v) is 14.4. The Morgan fingerprint density at radius 3 is 1.21 bits per heavy atom. The quantitative estimate of drug-likeness (QED) is 0.169. The van der Waals surface area contributed by atoms with E-state index < -0.39 is 0 Å². The summed E-state index contributed by atoms with van der Waals surface area (Å²) in [5.41, 5.74) is 10.7. The molecule has 9 aromatic carbocycles. The summed E-state index contributed by atoms with van der Waals surface area (Å²) in [4.78, 5) is 2.37. The van der Waals surface area contributed by atoms with Gasteiger partial charge in [-0.15, -0.1) is 11.3 Å². The monoisotopic (exact) mass is 679 g/mol. The minimum Gasteiger partial charge on any atom is -0.311 e. The van der Waals surface area contributed by atoms with Gasteiger partial charge in [0.25, 0.3) is 0 Å². The third-order valence-corrected chi connectivity index (χ3v) is 11.4. The summed E-state index contributed by atoms with van der Waals surface area (Å²) in [5.74, 6) is 0. The van der Waals surface area contributed by atoms with Crippen molar-refractivity contribution < 1.29 is 0 Å². The fourth-order valence-electron chi connectivity index (χ4n) is 7.79. The number of rotatable bonds is 6. The first-order valence-electron chi connectivity index (χ1n) is 17.8. The van der Waals surface area contributed by atoms with Crippen LogP contribution in [0.4, 0.5) is 17.1 Å². The van der Waals surface area contributed by atoms with Gasteiger partial charge in [-0.2, -0.15) is 0 Å². The van der Waals surface area contributed by atoms with Crippen LogP contribution in [0, 0.1) is 0 Å². The maximum Gasteiger partial charge on any atom is 0.0462 e. The lowest BCUT2D eigenvalue weighted by molar-refractivity contribution is 1.28. The van der Waals surface area contributed by atoms with Crippen LogP contribution >= 0.6 is 11.3 Å². The lowest BCUT2D eigenvalue weighted by Crippen LogP contribution is -2.09. The number of nitrogens with zero attached hydrogens (tertiary/aromatic N) is 1. The van der Waals surface area contributed by atoms with E-state index in [9.17, 15) is 0 Å². The van der Waals surface area contributed by atoms with Crippen LogP contribution in [-0.4, -0.2) is 0 Å². The molecule has 52 heavy (non-hydrogen) atoms. The minimum absolute atomic E-state index is 1.11. The van der Waals surface area contributed by atoms with Crippen molar-refractivity contribution in [2.45, 2.75) is 0 Å². The first-order chi connectivity index (χ1) is 25.8. The van der Waals surface area contributed by atoms with E-state index in [4.69, 9.17) is 0 Å². The summed E-state index contributed by atoms with van der Waals surface area (Å²) in [5, 5.41) is 7.69. The maximum atomic E-state index is 2.37. The van der Waals surface area contributed by atoms with Gasteiger partial charge in [-0.1, -0.05) is 152 Å². The summed E-state index contributed by atoms with van der Waals surface area (Å²) >= 11 is 1.86. The van der Waals surface area contributed by atoms with Gasteiger partial charge in [-0.05, 0) is 103 Å². The highest BCUT2D eigenvalue weighted by Crippen LogP contribution is 2.42. The maximum absolute atomic E-state index is 2.37. The number of hydrogen-bond donors (Lipinski definition) is 0. The molecule has 244 valence electrons. The third-order valence-electron chi connectivity index (χ3n) is 10.3. The average Bonchev–Trinajstić information content (AvgIpc) is 3.61. The van der Waals surface area contributed by atoms with E-state index >= 15 is 0 Å². The van der Waals surface area contributed by atoms with Gasteiger partial charge in [0.2, 0.25) is 0 Å². The highest BCUT2D eigenvalue weighted by atomic mass is 32.1. The molecule has 1 nitrogen and oxygen atoms in total. The molecule has 0 unspecified atom stereocenters. The Morgan fingerprint density at radius 2 is 0.673 bits per heavy atom. The summed E-state index contributed by atoms with van der Waals surface area (Å²) in [7, 11) is 0. The van der Waals surface area contributed by atoms with E-state index in [1.165, 1.54) is 75.1 Å². The molecule has 1 heterocycles. The molecule has 0 aliphatic heterocycles. The lowest BCUT2D eigenvalue weighted by Gasteiger charge is -2.26. The molecule has 0 atom stereocenters. The Kier molecular flexibility index (Phi) is 7.41. The zero-order valence-electron chi connectivity index (χ0n) is 28.4. The van der Waals surface area contributed by atoms with Crippen LogP contribution in [0.15, 0.2) is 200 Å². The molecule has 10 aromatic rings. The molecule has 0 saturated heterocycles. The second kappa shape index (κ2) is 12.7. The van der Waals surface area contributed by atoms with Gasteiger partial charge in [-0.25, -0.2) is 0 Å². The highest BCUT2D eigenvalue weighted by Gasteiger charge is 2.16. The predicted octanol–water partition coefficient (Wildman–Crippen LogP) is 14.8. The molecule has 0 fully saturated rings. The molecule has 0 amide bonds. The van der Waals surface area contributed by atoms with Gasteiger partial charge in [0.1, 0.15) is 0 Å². The first kappa shape index (κ1) is 30.4. The molecule has 0 aliphatic carbocycles. The summed E-state index contributed by atoms with van der Waals surface area (Å²) in [6.45, 7) is 0. The zero-order chi connectivity index (χ0) is 34.4.